The lowest BCUT2D eigenvalue weighted by molar-refractivity contribution is 0.0853. The lowest BCUT2D eigenvalue weighted by Crippen LogP contribution is -2.31. The Balaban J connectivity index is 1.35. The minimum absolute atomic E-state index is 0.0960. The van der Waals surface area contributed by atoms with Crippen LogP contribution in [0.5, 0.6) is 0 Å². The molecule has 2 aromatic heterocycles. The van der Waals surface area contributed by atoms with E-state index >= 15 is 0 Å². The third-order valence-electron chi connectivity index (χ3n) is 4.42. The molecule has 7 nitrogen and oxygen atoms in total. The number of hydrogen-bond acceptors (Lipinski definition) is 6. The van der Waals surface area contributed by atoms with Gasteiger partial charge in [0.25, 0.3) is 5.91 Å². The highest BCUT2D eigenvalue weighted by atomic mass is 16.5. The zero-order chi connectivity index (χ0) is 18.5. The van der Waals surface area contributed by atoms with Gasteiger partial charge >= 0.3 is 0 Å². The van der Waals surface area contributed by atoms with Crippen LogP contribution >= 0.6 is 0 Å². The minimum Gasteiger partial charge on any atom is -0.448 e. The fraction of sp³-hybridized carbons (Fsp3) is 0.300. The Bertz CT molecular complexity index is 887. The molecule has 0 bridgehead atoms. The number of ether oxygens (including phenoxy) is 1. The van der Waals surface area contributed by atoms with Crippen molar-refractivity contribution >= 4 is 5.91 Å². The maximum Gasteiger partial charge on any atom is 0.273 e. The van der Waals surface area contributed by atoms with Crippen molar-refractivity contribution in [1.82, 2.24) is 20.5 Å². The summed E-state index contributed by atoms with van der Waals surface area (Å²) in [4.78, 5) is 16.4. The molecule has 0 saturated carbocycles. The van der Waals surface area contributed by atoms with Crippen LogP contribution in [0.2, 0.25) is 0 Å². The number of nitrogens with zero attached hydrogens (tertiary/aromatic N) is 3. The zero-order valence-electron chi connectivity index (χ0n) is 14.8. The van der Waals surface area contributed by atoms with Crippen LogP contribution in [0, 0.1) is 0 Å². The molecule has 1 saturated heterocycles. The highest BCUT2D eigenvalue weighted by Gasteiger charge is 2.18. The maximum atomic E-state index is 12.2. The Labute approximate surface area is 156 Å². The molecule has 27 heavy (non-hydrogen) atoms. The van der Waals surface area contributed by atoms with E-state index in [9.17, 15) is 4.79 Å². The smallest absolute Gasteiger partial charge is 0.273 e. The monoisotopic (exact) mass is 364 g/mol. The lowest BCUT2D eigenvalue weighted by Gasteiger charge is -2.09. The molecule has 4 rings (SSSR count). The summed E-state index contributed by atoms with van der Waals surface area (Å²) in [7, 11) is 0. The molecule has 7 heteroatoms. The van der Waals surface area contributed by atoms with E-state index in [1.807, 2.05) is 42.5 Å². The molecular formula is C20H20N4O3. The van der Waals surface area contributed by atoms with Gasteiger partial charge in [0.15, 0.2) is 5.69 Å². The Morgan fingerprint density at radius 1 is 1.15 bits per heavy atom. The quantitative estimate of drug-likeness (QED) is 0.723. The van der Waals surface area contributed by atoms with Crippen molar-refractivity contribution in [3.05, 3.63) is 66.0 Å². The molecule has 1 N–H and O–H groups in total. The number of amides is 1. The van der Waals surface area contributed by atoms with Crippen molar-refractivity contribution in [2.24, 2.45) is 0 Å². The molecule has 1 fully saturated rings. The van der Waals surface area contributed by atoms with E-state index in [1.165, 1.54) is 6.26 Å². The summed E-state index contributed by atoms with van der Waals surface area (Å²) in [5.74, 6) is 0.171. The van der Waals surface area contributed by atoms with Gasteiger partial charge in [-0.3, -0.25) is 4.79 Å². The van der Waals surface area contributed by atoms with Crippen molar-refractivity contribution in [3.63, 3.8) is 0 Å². The number of hydrogen-bond donors (Lipinski definition) is 1. The Morgan fingerprint density at radius 2 is 2.04 bits per heavy atom. The van der Waals surface area contributed by atoms with Crippen molar-refractivity contribution in [1.29, 1.82) is 0 Å². The van der Waals surface area contributed by atoms with Gasteiger partial charge in [0.1, 0.15) is 6.26 Å². The molecule has 1 aliphatic heterocycles. The molecule has 0 radical (unpaired) electrons. The summed E-state index contributed by atoms with van der Waals surface area (Å²) in [5.41, 5.74) is 2.80. The molecule has 3 heterocycles. The van der Waals surface area contributed by atoms with Crippen molar-refractivity contribution < 1.29 is 13.9 Å². The van der Waals surface area contributed by atoms with Gasteiger partial charge in [0.2, 0.25) is 5.89 Å². The number of aromatic nitrogens is 3. The molecule has 1 atom stereocenters. The average Bonchev–Trinajstić information content (AvgIpc) is 3.40. The number of carbonyl (C=O) groups is 1. The van der Waals surface area contributed by atoms with Crippen molar-refractivity contribution in [2.75, 3.05) is 13.2 Å². The Kier molecular flexibility index (Phi) is 5.20. The number of oxazole rings is 1. The van der Waals surface area contributed by atoms with E-state index in [0.717, 1.165) is 36.4 Å². The first-order chi connectivity index (χ1) is 13.3. The first kappa shape index (κ1) is 17.4. The first-order valence-corrected chi connectivity index (χ1v) is 9.00. The molecule has 0 spiro atoms. The van der Waals surface area contributed by atoms with E-state index in [0.29, 0.717) is 18.9 Å². The average molecular weight is 364 g/mol. The fourth-order valence-corrected chi connectivity index (χ4v) is 2.97. The molecule has 3 aromatic rings. The second kappa shape index (κ2) is 8.09. The van der Waals surface area contributed by atoms with E-state index in [-0.39, 0.29) is 17.7 Å². The SMILES string of the molecule is O=C(NC[C@@H]1CCCO1)c1coc(Cc2ccc(-c3ccccc3)nn2)n1. The summed E-state index contributed by atoms with van der Waals surface area (Å²) in [6.07, 6.45) is 3.85. The van der Waals surface area contributed by atoms with Crippen LogP contribution in [0.15, 0.2) is 53.1 Å². The minimum atomic E-state index is -0.258. The molecule has 1 aromatic carbocycles. The summed E-state index contributed by atoms with van der Waals surface area (Å²) < 4.78 is 10.9. The Morgan fingerprint density at radius 3 is 2.78 bits per heavy atom. The molecule has 138 valence electrons. The second-order valence-electron chi connectivity index (χ2n) is 6.42. The van der Waals surface area contributed by atoms with Gasteiger partial charge in [-0.05, 0) is 25.0 Å². The molecule has 1 amide bonds. The van der Waals surface area contributed by atoms with E-state index in [4.69, 9.17) is 9.15 Å². The van der Waals surface area contributed by atoms with Crippen LogP contribution in [-0.4, -0.2) is 40.3 Å². The van der Waals surface area contributed by atoms with E-state index < -0.39 is 0 Å². The number of nitrogens with one attached hydrogen (secondary N) is 1. The highest BCUT2D eigenvalue weighted by Crippen LogP contribution is 2.16. The number of rotatable bonds is 6. The van der Waals surface area contributed by atoms with Crippen LogP contribution in [0.25, 0.3) is 11.3 Å². The summed E-state index contributed by atoms with van der Waals surface area (Å²) in [6, 6.07) is 13.7. The fourth-order valence-electron chi connectivity index (χ4n) is 2.97. The van der Waals surface area contributed by atoms with Gasteiger partial charge in [-0.2, -0.15) is 10.2 Å². The normalized spacial score (nSPS) is 16.4. The maximum absolute atomic E-state index is 12.2. The van der Waals surface area contributed by atoms with Crippen LogP contribution in [0.4, 0.5) is 0 Å². The first-order valence-electron chi connectivity index (χ1n) is 9.00. The Hall–Kier alpha value is -3.06. The number of carbonyl (C=O) groups excluding carboxylic acids is 1. The predicted molar refractivity (Wildman–Crippen MR) is 98.1 cm³/mol. The predicted octanol–water partition coefficient (Wildman–Crippen LogP) is 2.63. The molecule has 1 aliphatic rings. The summed E-state index contributed by atoms with van der Waals surface area (Å²) >= 11 is 0. The van der Waals surface area contributed by atoms with E-state index in [1.54, 1.807) is 0 Å². The van der Waals surface area contributed by atoms with Crippen LogP contribution in [0.1, 0.15) is 34.9 Å². The third-order valence-corrected chi connectivity index (χ3v) is 4.42. The second-order valence-corrected chi connectivity index (χ2v) is 6.42. The van der Waals surface area contributed by atoms with Crippen LogP contribution in [-0.2, 0) is 11.2 Å². The standard InChI is InChI=1S/C20H20N4O3/c25-20(21-12-16-7-4-10-26-16)18-13-27-19(22-18)11-15-8-9-17(24-23-15)14-5-2-1-3-6-14/h1-3,5-6,8-9,13,16H,4,7,10-12H2,(H,21,25)/t16-/m0/s1. The van der Waals surface area contributed by atoms with Gasteiger partial charge in [0.05, 0.1) is 23.9 Å². The molecular weight excluding hydrogens is 344 g/mol. The summed E-state index contributed by atoms with van der Waals surface area (Å²) in [5, 5.41) is 11.3. The molecule has 0 unspecified atom stereocenters. The molecule has 0 aliphatic carbocycles. The zero-order valence-corrected chi connectivity index (χ0v) is 14.8. The van der Waals surface area contributed by atoms with Crippen molar-refractivity contribution in [3.8, 4) is 11.3 Å². The van der Waals surface area contributed by atoms with Gasteiger partial charge in [0, 0.05) is 18.7 Å². The largest absolute Gasteiger partial charge is 0.448 e. The van der Waals surface area contributed by atoms with Gasteiger partial charge in [-0.1, -0.05) is 30.3 Å². The number of benzene rings is 1. The van der Waals surface area contributed by atoms with Gasteiger partial charge in [-0.15, -0.1) is 0 Å². The van der Waals surface area contributed by atoms with Gasteiger partial charge < -0.3 is 14.5 Å². The highest BCUT2D eigenvalue weighted by molar-refractivity contribution is 5.91. The third kappa shape index (κ3) is 4.38. The van der Waals surface area contributed by atoms with Crippen LogP contribution in [0.3, 0.4) is 0 Å². The lowest BCUT2D eigenvalue weighted by atomic mass is 10.1. The van der Waals surface area contributed by atoms with E-state index in [2.05, 4.69) is 20.5 Å². The topological polar surface area (TPSA) is 90.1 Å². The van der Waals surface area contributed by atoms with Crippen LogP contribution < -0.4 is 5.32 Å². The van der Waals surface area contributed by atoms with Gasteiger partial charge in [-0.25, -0.2) is 4.98 Å². The summed E-state index contributed by atoms with van der Waals surface area (Å²) in [6.45, 7) is 1.26. The van der Waals surface area contributed by atoms with Crippen molar-refractivity contribution in [2.45, 2.75) is 25.4 Å².